The summed E-state index contributed by atoms with van der Waals surface area (Å²) >= 11 is 1.47. The van der Waals surface area contributed by atoms with Crippen molar-refractivity contribution in [1.29, 1.82) is 0 Å². The number of hydrogen-bond donors (Lipinski definition) is 1. The molecule has 19 heavy (non-hydrogen) atoms. The summed E-state index contributed by atoms with van der Waals surface area (Å²) in [7, 11) is 0. The largest absolute Gasteiger partial charge is 0.316 e. The lowest BCUT2D eigenvalue weighted by molar-refractivity contribution is 0.515. The van der Waals surface area contributed by atoms with Crippen LogP contribution in [-0.2, 0) is 6.54 Å². The van der Waals surface area contributed by atoms with Crippen LogP contribution < -0.4 is 10.9 Å². The first-order valence-electron chi connectivity index (χ1n) is 6.82. The number of unbranched alkanes of at least 4 members (excludes halogenated alkanes) is 1. The summed E-state index contributed by atoms with van der Waals surface area (Å²) in [4.78, 5) is 16.4. The van der Waals surface area contributed by atoms with Crippen molar-refractivity contribution >= 4 is 21.6 Å². The van der Waals surface area contributed by atoms with Crippen LogP contribution in [0.3, 0.4) is 0 Å². The van der Waals surface area contributed by atoms with Crippen molar-refractivity contribution in [3.8, 4) is 0 Å². The minimum atomic E-state index is 0.0927. The molecule has 104 valence electrons. The third-order valence-corrected chi connectivity index (χ3v) is 3.88. The number of aryl methyl sites for hydroxylation is 1. The van der Waals surface area contributed by atoms with Gasteiger partial charge in [-0.15, -0.1) is 11.3 Å². The van der Waals surface area contributed by atoms with E-state index in [0.29, 0.717) is 5.92 Å². The topological polar surface area (TPSA) is 46.9 Å². The molecule has 0 fully saturated rings. The van der Waals surface area contributed by atoms with Crippen LogP contribution in [0, 0.1) is 5.92 Å². The molecule has 0 atom stereocenters. The standard InChI is InChI=1S/C14H21N3OS/c1-11(2)9-15-6-3-4-7-17-10-16-12-5-8-19-13(12)14(17)18/h5,8,10-11,15H,3-4,6-7,9H2,1-2H3. The molecule has 0 spiro atoms. The average Bonchev–Trinajstić information content (AvgIpc) is 2.84. The Hall–Kier alpha value is -1.20. The molecule has 0 aliphatic carbocycles. The SMILES string of the molecule is CC(C)CNCCCCn1cnc2ccsc2c1=O. The first-order valence-corrected chi connectivity index (χ1v) is 7.70. The van der Waals surface area contributed by atoms with E-state index in [1.807, 2.05) is 11.4 Å². The van der Waals surface area contributed by atoms with Gasteiger partial charge < -0.3 is 5.32 Å². The third-order valence-electron chi connectivity index (χ3n) is 2.99. The molecule has 2 rings (SSSR count). The zero-order valence-electron chi connectivity index (χ0n) is 11.6. The Labute approximate surface area is 117 Å². The molecule has 1 N–H and O–H groups in total. The van der Waals surface area contributed by atoms with E-state index in [0.717, 1.165) is 42.7 Å². The highest BCUT2D eigenvalue weighted by atomic mass is 32.1. The molecule has 0 aliphatic heterocycles. The van der Waals surface area contributed by atoms with Gasteiger partial charge in [0.25, 0.3) is 5.56 Å². The zero-order chi connectivity index (χ0) is 13.7. The quantitative estimate of drug-likeness (QED) is 0.792. The number of nitrogens with zero attached hydrogens (tertiary/aromatic N) is 2. The van der Waals surface area contributed by atoms with Crippen LogP contribution in [0.25, 0.3) is 10.2 Å². The van der Waals surface area contributed by atoms with Gasteiger partial charge in [0.1, 0.15) is 4.70 Å². The van der Waals surface area contributed by atoms with Gasteiger partial charge in [0, 0.05) is 6.54 Å². The van der Waals surface area contributed by atoms with Gasteiger partial charge in [-0.05, 0) is 43.3 Å². The van der Waals surface area contributed by atoms with E-state index in [1.54, 1.807) is 10.9 Å². The highest BCUT2D eigenvalue weighted by Gasteiger charge is 2.04. The molecule has 5 heteroatoms. The summed E-state index contributed by atoms with van der Waals surface area (Å²) in [5.74, 6) is 0.688. The fourth-order valence-electron chi connectivity index (χ4n) is 1.96. The van der Waals surface area contributed by atoms with Crippen LogP contribution in [0.5, 0.6) is 0 Å². The maximum Gasteiger partial charge on any atom is 0.271 e. The van der Waals surface area contributed by atoms with Crippen LogP contribution in [0.1, 0.15) is 26.7 Å². The van der Waals surface area contributed by atoms with Gasteiger partial charge >= 0.3 is 0 Å². The van der Waals surface area contributed by atoms with Crippen molar-refractivity contribution in [3.63, 3.8) is 0 Å². The second-order valence-electron chi connectivity index (χ2n) is 5.18. The van der Waals surface area contributed by atoms with Gasteiger partial charge in [-0.3, -0.25) is 9.36 Å². The number of fused-ring (bicyclic) bond motifs is 1. The fraction of sp³-hybridized carbons (Fsp3) is 0.571. The Balaban J connectivity index is 1.81. The van der Waals surface area contributed by atoms with Crippen molar-refractivity contribution in [2.45, 2.75) is 33.2 Å². The Morgan fingerprint density at radius 1 is 1.42 bits per heavy atom. The molecule has 0 saturated carbocycles. The molecule has 0 saturated heterocycles. The molecule has 0 amide bonds. The normalized spacial score (nSPS) is 11.5. The summed E-state index contributed by atoms with van der Waals surface area (Å²) in [5.41, 5.74) is 0.903. The smallest absolute Gasteiger partial charge is 0.271 e. The van der Waals surface area contributed by atoms with Crippen LogP contribution in [0.15, 0.2) is 22.6 Å². The van der Waals surface area contributed by atoms with E-state index < -0.39 is 0 Å². The maximum atomic E-state index is 12.1. The molecule has 0 aliphatic rings. The minimum Gasteiger partial charge on any atom is -0.316 e. The fourth-order valence-corrected chi connectivity index (χ4v) is 2.75. The predicted octanol–water partition coefficient (Wildman–Crippen LogP) is 2.48. The highest BCUT2D eigenvalue weighted by Crippen LogP contribution is 2.13. The summed E-state index contributed by atoms with van der Waals surface area (Å²) in [6.45, 7) is 7.23. The van der Waals surface area contributed by atoms with Crippen molar-refractivity contribution in [3.05, 3.63) is 28.1 Å². The first-order chi connectivity index (χ1) is 9.18. The molecule has 0 aromatic carbocycles. The Bertz CT molecular complexity index is 573. The summed E-state index contributed by atoms with van der Waals surface area (Å²) < 4.78 is 2.49. The van der Waals surface area contributed by atoms with E-state index in [1.165, 1.54) is 11.3 Å². The van der Waals surface area contributed by atoms with Crippen LogP contribution in [0.2, 0.25) is 0 Å². The van der Waals surface area contributed by atoms with Crippen LogP contribution in [0.4, 0.5) is 0 Å². The second kappa shape index (κ2) is 6.82. The third kappa shape index (κ3) is 3.88. The number of nitrogens with one attached hydrogen (secondary N) is 1. The van der Waals surface area contributed by atoms with Gasteiger partial charge in [0.05, 0.1) is 11.8 Å². The Morgan fingerprint density at radius 2 is 2.26 bits per heavy atom. The van der Waals surface area contributed by atoms with E-state index in [-0.39, 0.29) is 5.56 Å². The molecule has 4 nitrogen and oxygen atoms in total. The van der Waals surface area contributed by atoms with Gasteiger partial charge in [-0.1, -0.05) is 13.8 Å². The monoisotopic (exact) mass is 279 g/mol. The first kappa shape index (κ1) is 14.2. The average molecular weight is 279 g/mol. The zero-order valence-corrected chi connectivity index (χ0v) is 12.4. The molecule has 0 unspecified atom stereocenters. The Morgan fingerprint density at radius 3 is 3.05 bits per heavy atom. The van der Waals surface area contributed by atoms with Gasteiger partial charge in [0.2, 0.25) is 0 Å². The highest BCUT2D eigenvalue weighted by molar-refractivity contribution is 7.17. The van der Waals surface area contributed by atoms with Crippen molar-refractivity contribution in [1.82, 2.24) is 14.9 Å². The summed E-state index contributed by atoms with van der Waals surface area (Å²) in [6.07, 6.45) is 3.75. The lowest BCUT2D eigenvalue weighted by Gasteiger charge is -2.08. The molecule has 0 radical (unpaired) electrons. The lowest BCUT2D eigenvalue weighted by Crippen LogP contribution is -2.22. The van der Waals surface area contributed by atoms with E-state index >= 15 is 0 Å². The van der Waals surface area contributed by atoms with Crippen molar-refractivity contribution in [2.24, 2.45) is 5.92 Å². The van der Waals surface area contributed by atoms with Gasteiger partial charge in [0.15, 0.2) is 0 Å². The number of aromatic nitrogens is 2. The predicted molar refractivity (Wildman–Crippen MR) is 80.8 cm³/mol. The van der Waals surface area contributed by atoms with Crippen LogP contribution in [-0.4, -0.2) is 22.6 Å². The van der Waals surface area contributed by atoms with Gasteiger partial charge in [-0.2, -0.15) is 0 Å². The lowest BCUT2D eigenvalue weighted by atomic mass is 10.2. The van der Waals surface area contributed by atoms with E-state index in [4.69, 9.17) is 0 Å². The molecule has 2 aromatic rings. The van der Waals surface area contributed by atoms with Crippen molar-refractivity contribution in [2.75, 3.05) is 13.1 Å². The number of hydrogen-bond acceptors (Lipinski definition) is 4. The molecule has 0 bridgehead atoms. The van der Waals surface area contributed by atoms with E-state index in [2.05, 4.69) is 24.1 Å². The maximum absolute atomic E-state index is 12.1. The second-order valence-corrected chi connectivity index (χ2v) is 6.10. The molecule has 2 aromatic heterocycles. The van der Waals surface area contributed by atoms with Crippen LogP contribution >= 0.6 is 11.3 Å². The number of thiophene rings is 1. The van der Waals surface area contributed by atoms with Crippen molar-refractivity contribution < 1.29 is 0 Å². The summed E-state index contributed by atoms with van der Waals surface area (Å²) in [5, 5.41) is 5.33. The van der Waals surface area contributed by atoms with Gasteiger partial charge in [-0.25, -0.2) is 4.98 Å². The summed E-state index contributed by atoms with van der Waals surface area (Å²) in [6, 6.07) is 1.89. The Kier molecular flexibility index (Phi) is 5.10. The number of rotatable bonds is 7. The molecule has 2 heterocycles. The minimum absolute atomic E-state index is 0.0927. The molecular weight excluding hydrogens is 258 g/mol. The molecular formula is C14H21N3OS. The van der Waals surface area contributed by atoms with E-state index in [9.17, 15) is 4.79 Å².